The van der Waals surface area contributed by atoms with Gasteiger partial charge in [0.25, 0.3) is 0 Å². The van der Waals surface area contributed by atoms with Crippen LogP contribution in [-0.4, -0.2) is 39.0 Å². The lowest BCUT2D eigenvalue weighted by atomic mass is 9.77. The maximum absolute atomic E-state index is 11.0. The maximum Gasteiger partial charge on any atom is 0.310 e. The number of carbonyl (C=O) groups is 3. The smallest absolute Gasteiger partial charge is 0.310 e. The van der Waals surface area contributed by atoms with E-state index in [1.54, 1.807) is 0 Å². The standard InChI is InChI=1S/C9H14O6S/c10-6(11)4-9(8(14)15,2-1-3-16)5-7(12)13/h16H,1-5H2,(H,10,11)(H,12,13)(H,14,15). The molecule has 0 heterocycles. The van der Waals surface area contributed by atoms with Crippen LogP contribution in [-0.2, 0) is 14.4 Å². The van der Waals surface area contributed by atoms with Crippen molar-refractivity contribution < 1.29 is 29.7 Å². The molecule has 0 aliphatic carbocycles. The van der Waals surface area contributed by atoms with Gasteiger partial charge in [-0.25, -0.2) is 0 Å². The predicted octanol–water partition coefficient (Wildman–Crippen LogP) is 0.717. The van der Waals surface area contributed by atoms with Crippen LogP contribution >= 0.6 is 12.6 Å². The Morgan fingerprint density at radius 1 is 1.00 bits per heavy atom. The van der Waals surface area contributed by atoms with E-state index in [2.05, 4.69) is 12.6 Å². The summed E-state index contributed by atoms with van der Waals surface area (Å²) in [5, 5.41) is 26.3. The Hall–Kier alpha value is -1.24. The van der Waals surface area contributed by atoms with Gasteiger partial charge >= 0.3 is 17.9 Å². The Morgan fingerprint density at radius 2 is 1.44 bits per heavy atom. The second kappa shape index (κ2) is 6.37. The minimum atomic E-state index is -1.74. The molecule has 0 spiro atoms. The lowest BCUT2D eigenvalue weighted by Gasteiger charge is -2.25. The number of thiol groups is 1. The highest BCUT2D eigenvalue weighted by Gasteiger charge is 2.42. The minimum absolute atomic E-state index is 0.00949. The van der Waals surface area contributed by atoms with Gasteiger partial charge in [0.1, 0.15) is 0 Å². The fourth-order valence-corrected chi connectivity index (χ4v) is 1.65. The molecule has 16 heavy (non-hydrogen) atoms. The maximum atomic E-state index is 11.0. The van der Waals surface area contributed by atoms with Crippen molar-refractivity contribution in [1.29, 1.82) is 0 Å². The summed E-state index contributed by atoms with van der Waals surface area (Å²) < 4.78 is 0. The molecule has 0 aliphatic rings. The predicted molar refractivity (Wildman–Crippen MR) is 57.7 cm³/mol. The molecule has 0 aromatic carbocycles. The third kappa shape index (κ3) is 4.52. The Balaban J connectivity index is 4.95. The van der Waals surface area contributed by atoms with Gasteiger partial charge in [0, 0.05) is 0 Å². The Morgan fingerprint density at radius 3 is 1.69 bits per heavy atom. The normalized spacial score (nSPS) is 11.1. The van der Waals surface area contributed by atoms with Crippen LogP contribution in [0.3, 0.4) is 0 Å². The molecule has 92 valence electrons. The van der Waals surface area contributed by atoms with Crippen molar-refractivity contribution in [2.24, 2.45) is 5.41 Å². The summed E-state index contributed by atoms with van der Waals surface area (Å²) in [6, 6.07) is 0. The average Bonchev–Trinajstić information content (AvgIpc) is 2.11. The summed E-state index contributed by atoms with van der Waals surface area (Å²) in [7, 11) is 0. The number of hydrogen-bond donors (Lipinski definition) is 4. The molecule has 0 rings (SSSR count). The monoisotopic (exact) mass is 250 g/mol. The van der Waals surface area contributed by atoms with Crippen molar-refractivity contribution in [1.82, 2.24) is 0 Å². The van der Waals surface area contributed by atoms with Crippen LogP contribution in [0.15, 0.2) is 0 Å². The van der Waals surface area contributed by atoms with Gasteiger partial charge in [0.15, 0.2) is 0 Å². The van der Waals surface area contributed by atoms with Crippen LogP contribution in [0, 0.1) is 5.41 Å². The van der Waals surface area contributed by atoms with E-state index < -0.39 is 36.2 Å². The molecule has 0 bridgehead atoms. The zero-order valence-corrected chi connectivity index (χ0v) is 9.44. The quantitative estimate of drug-likeness (QED) is 0.472. The number of carboxylic acids is 3. The van der Waals surface area contributed by atoms with E-state index in [9.17, 15) is 14.4 Å². The molecular formula is C9H14O6S. The fraction of sp³-hybridized carbons (Fsp3) is 0.667. The van der Waals surface area contributed by atoms with Crippen LogP contribution in [0.25, 0.3) is 0 Å². The highest BCUT2D eigenvalue weighted by atomic mass is 32.1. The van der Waals surface area contributed by atoms with Crippen LogP contribution in [0.5, 0.6) is 0 Å². The molecular weight excluding hydrogens is 236 g/mol. The molecule has 0 aromatic rings. The molecule has 0 aliphatic heterocycles. The number of aliphatic carboxylic acids is 3. The van der Waals surface area contributed by atoms with Crippen molar-refractivity contribution in [2.75, 3.05) is 5.75 Å². The van der Waals surface area contributed by atoms with Gasteiger partial charge in [0.2, 0.25) is 0 Å². The van der Waals surface area contributed by atoms with Crippen LogP contribution in [0.4, 0.5) is 0 Å². The summed E-state index contributed by atoms with van der Waals surface area (Å²) in [4.78, 5) is 32.2. The first kappa shape index (κ1) is 14.8. The van der Waals surface area contributed by atoms with E-state index in [-0.39, 0.29) is 6.42 Å². The Bertz CT molecular complexity index is 272. The molecule has 0 saturated carbocycles. The van der Waals surface area contributed by atoms with Gasteiger partial charge in [0.05, 0.1) is 18.3 Å². The first-order chi connectivity index (χ1) is 7.34. The SMILES string of the molecule is O=C(O)CC(CCCS)(CC(=O)O)C(=O)O. The molecule has 3 N–H and O–H groups in total. The molecule has 0 fully saturated rings. The molecule has 0 radical (unpaired) electrons. The van der Waals surface area contributed by atoms with E-state index in [4.69, 9.17) is 15.3 Å². The van der Waals surface area contributed by atoms with Crippen molar-refractivity contribution >= 4 is 30.5 Å². The lowest BCUT2D eigenvalue weighted by Crippen LogP contribution is -2.36. The Kier molecular flexibility index (Phi) is 5.87. The Labute approximate surface area is 97.7 Å². The fourth-order valence-electron chi connectivity index (χ4n) is 1.49. The van der Waals surface area contributed by atoms with E-state index in [0.717, 1.165) is 0 Å². The zero-order valence-electron chi connectivity index (χ0n) is 8.55. The van der Waals surface area contributed by atoms with Crippen molar-refractivity contribution in [3.8, 4) is 0 Å². The highest BCUT2D eigenvalue weighted by molar-refractivity contribution is 7.80. The molecule has 6 nitrogen and oxygen atoms in total. The second-order valence-corrected chi connectivity index (χ2v) is 4.00. The lowest BCUT2D eigenvalue weighted by molar-refractivity contribution is -0.161. The number of carboxylic acid groups (broad SMARTS) is 3. The summed E-state index contributed by atoms with van der Waals surface area (Å²) >= 11 is 3.89. The molecule has 7 heteroatoms. The molecule has 0 atom stereocenters. The topological polar surface area (TPSA) is 112 Å². The van der Waals surface area contributed by atoms with Crippen LogP contribution in [0.1, 0.15) is 25.7 Å². The molecule has 0 saturated heterocycles. The molecule has 0 amide bonds. The second-order valence-electron chi connectivity index (χ2n) is 3.55. The van der Waals surface area contributed by atoms with Gasteiger partial charge in [-0.1, -0.05) is 0 Å². The van der Waals surface area contributed by atoms with E-state index in [1.807, 2.05) is 0 Å². The van der Waals surface area contributed by atoms with Crippen LogP contribution in [0.2, 0.25) is 0 Å². The summed E-state index contributed by atoms with van der Waals surface area (Å²) in [5.41, 5.74) is -1.74. The third-order valence-electron chi connectivity index (χ3n) is 2.25. The van der Waals surface area contributed by atoms with Gasteiger partial charge in [-0.05, 0) is 18.6 Å². The van der Waals surface area contributed by atoms with E-state index in [1.165, 1.54) is 0 Å². The van der Waals surface area contributed by atoms with Crippen LogP contribution < -0.4 is 0 Å². The summed E-state index contributed by atoms with van der Waals surface area (Å²) in [6.07, 6.45) is -1.04. The van der Waals surface area contributed by atoms with Crippen molar-refractivity contribution in [2.45, 2.75) is 25.7 Å². The van der Waals surface area contributed by atoms with Gasteiger partial charge in [-0.15, -0.1) is 0 Å². The first-order valence-electron chi connectivity index (χ1n) is 4.62. The van der Waals surface area contributed by atoms with Crippen molar-refractivity contribution in [3.63, 3.8) is 0 Å². The first-order valence-corrected chi connectivity index (χ1v) is 5.25. The van der Waals surface area contributed by atoms with Crippen molar-refractivity contribution in [3.05, 3.63) is 0 Å². The minimum Gasteiger partial charge on any atom is -0.481 e. The molecule has 0 unspecified atom stereocenters. The third-order valence-corrected chi connectivity index (χ3v) is 2.56. The average molecular weight is 250 g/mol. The number of hydrogen-bond acceptors (Lipinski definition) is 4. The summed E-state index contributed by atoms with van der Waals surface area (Å²) in [5.74, 6) is -3.64. The van der Waals surface area contributed by atoms with Gasteiger partial charge in [-0.2, -0.15) is 12.6 Å². The van der Waals surface area contributed by atoms with E-state index in [0.29, 0.717) is 12.2 Å². The zero-order chi connectivity index (χ0) is 12.8. The molecule has 0 aromatic heterocycles. The summed E-state index contributed by atoms with van der Waals surface area (Å²) in [6.45, 7) is 0. The number of rotatable bonds is 8. The van der Waals surface area contributed by atoms with E-state index >= 15 is 0 Å². The van der Waals surface area contributed by atoms with Gasteiger partial charge < -0.3 is 15.3 Å². The van der Waals surface area contributed by atoms with Gasteiger partial charge in [-0.3, -0.25) is 14.4 Å². The highest BCUT2D eigenvalue weighted by Crippen LogP contribution is 2.33. The largest absolute Gasteiger partial charge is 0.481 e.